The fourth-order valence-corrected chi connectivity index (χ4v) is 4.08. The summed E-state index contributed by atoms with van der Waals surface area (Å²) in [7, 11) is 1.52. The van der Waals surface area contributed by atoms with Gasteiger partial charge in [0.25, 0.3) is 0 Å². The topological polar surface area (TPSA) is 70.2 Å². The molecule has 5 rings (SSSR count). The van der Waals surface area contributed by atoms with E-state index in [2.05, 4.69) is 37.9 Å². The molecule has 0 unspecified atom stereocenters. The van der Waals surface area contributed by atoms with E-state index in [1.165, 1.54) is 13.3 Å². The minimum absolute atomic E-state index is 0.332. The van der Waals surface area contributed by atoms with Crippen molar-refractivity contribution in [2.45, 2.75) is 0 Å². The molecule has 1 aliphatic rings. The second-order valence-electron chi connectivity index (χ2n) is 7.36. The Hall–Kier alpha value is -3.17. The number of piperazine rings is 1. The Balaban J connectivity index is 1.56. The van der Waals surface area contributed by atoms with E-state index in [1.54, 1.807) is 12.3 Å². The number of pyridine rings is 2. The lowest BCUT2D eigenvalue weighted by atomic mass is 10.0. The fraction of sp³-hybridized carbons (Fsp3) is 0.227. The Kier molecular flexibility index (Phi) is 5.21. The van der Waals surface area contributed by atoms with Crippen LogP contribution in [0.2, 0.25) is 0 Å². The smallest absolute Gasteiger partial charge is 0.224 e. The van der Waals surface area contributed by atoms with E-state index in [1.807, 2.05) is 34.6 Å². The largest absolute Gasteiger partial charge is 0.496 e. The number of hydrogen-bond donors (Lipinski definition) is 2. The number of nitrogens with one attached hydrogen (secondary N) is 1. The van der Waals surface area contributed by atoms with Crippen LogP contribution in [-0.2, 0) is 0 Å². The maximum absolute atomic E-state index is 14.5. The molecule has 7 nitrogen and oxygen atoms in total. The van der Waals surface area contributed by atoms with Crippen LogP contribution in [0.15, 0.2) is 48.8 Å². The van der Waals surface area contributed by atoms with E-state index in [4.69, 9.17) is 4.74 Å². The molecule has 0 saturated carbocycles. The molecule has 0 amide bonds. The number of ether oxygens (including phenoxy) is 1. The lowest BCUT2D eigenvalue weighted by Crippen LogP contribution is -2.42. The first-order chi connectivity index (χ1) is 15.1. The maximum Gasteiger partial charge on any atom is 0.224 e. The normalized spacial score (nSPS) is 14.9. The van der Waals surface area contributed by atoms with Crippen LogP contribution >= 0.6 is 12.8 Å². The van der Waals surface area contributed by atoms with Gasteiger partial charge >= 0.3 is 0 Å². The highest BCUT2D eigenvalue weighted by atomic mass is 32.1. The highest BCUT2D eigenvalue weighted by Gasteiger charge is 2.19. The molecule has 4 heterocycles. The molecule has 0 radical (unpaired) electrons. The van der Waals surface area contributed by atoms with Crippen molar-refractivity contribution in [3.8, 4) is 28.1 Å². The molecule has 1 N–H and O–H groups in total. The highest BCUT2D eigenvalue weighted by molar-refractivity contribution is 7.77. The number of nitrogens with zero attached hydrogens (tertiary/aromatic N) is 5. The summed E-state index contributed by atoms with van der Waals surface area (Å²) >= 11 is 4.42. The molecule has 0 spiro atoms. The second kappa shape index (κ2) is 8.16. The van der Waals surface area contributed by atoms with Crippen molar-refractivity contribution in [1.82, 2.24) is 24.5 Å². The number of rotatable bonds is 4. The zero-order valence-corrected chi connectivity index (χ0v) is 17.8. The van der Waals surface area contributed by atoms with Gasteiger partial charge in [-0.1, -0.05) is 18.9 Å². The first-order valence-corrected chi connectivity index (χ1v) is 10.4. The van der Waals surface area contributed by atoms with E-state index in [-0.39, 0.29) is 0 Å². The van der Waals surface area contributed by atoms with Gasteiger partial charge in [0.05, 0.1) is 18.2 Å². The van der Waals surface area contributed by atoms with Gasteiger partial charge in [-0.2, -0.15) is 9.49 Å². The molecule has 1 saturated heterocycles. The van der Waals surface area contributed by atoms with Crippen molar-refractivity contribution in [1.29, 1.82) is 0 Å². The van der Waals surface area contributed by atoms with Gasteiger partial charge in [0.2, 0.25) is 5.95 Å². The van der Waals surface area contributed by atoms with Crippen molar-refractivity contribution < 1.29 is 9.13 Å². The SMILES string of the molecule is COc1ccnc(F)c1-c1ccc2[nH]nc(-c3ccnc(N4CCN(S)CC4)c3)c2c1. The summed E-state index contributed by atoms with van der Waals surface area (Å²) in [5.74, 6) is 0.774. The standard InChI is InChI=1S/C22H21FN6OS/c1-30-18-5-7-25-22(23)20(18)14-2-3-17-16(12-14)21(27-26-17)15-4-6-24-19(13-15)28-8-10-29(31)11-9-28/h2-7,12-13,31H,8-11H2,1H3,(H,26,27). The summed E-state index contributed by atoms with van der Waals surface area (Å²) in [5.41, 5.74) is 3.61. The van der Waals surface area contributed by atoms with Crippen molar-refractivity contribution in [3.05, 3.63) is 54.7 Å². The molecule has 1 aromatic carbocycles. The number of H-pyrrole nitrogens is 1. The molecule has 0 bridgehead atoms. The van der Waals surface area contributed by atoms with Gasteiger partial charge in [-0.05, 0) is 35.9 Å². The molecule has 0 aliphatic carbocycles. The van der Waals surface area contributed by atoms with Crippen LogP contribution in [0.1, 0.15) is 0 Å². The van der Waals surface area contributed by atoms with Gasteiger partial charge in [0.15, 0.2) is 0 Å². The molecule has 1 aliphatic heterocycles. The first kappa shape index (κ1) is 19.8. The summed E-state index contributed by atoms with van der Waals surface area (Å²) in [4.78, 5) is 10.6. The van der Waals surface area contributed by atoms with Crippen LogP contribution in [0.4, 0.5) is 10.2 Å². The van der Waals surface area contributed by atoms with Crippen molar-refractivity contribution in [2.24, 2.45) is 0 Å². The number of aromatic amines is 1. The van der Waals surface area contributed by atoms with Crippen molar-refractivity contribution in [3.63, 3.8) is 0 Å². The minimum atomic E-state index is -0.571. The summed E-state index contributed by atoms with van der Waals surface area (Å²) in [6.07, 6.45) is 3.19. The lowest BCUT2D eigenvalue weighted by molar-refractivity contribution is 0.411. The molecule has 31 heavy (non-hydrogen) atoms. The van der Waals surface area contributed by atoms with E-state index < -0.39 is 5.95 Å². The van der Waals surface area contributed by atoms with Gasteiger partial charge < -0.3 is 9.64 Å². The number of aromatic nitrogens is 4. The van der Waals surface area contributed by atoms with Crippen molar-refractivity contribution in [2.75, 3.05) is 38.2 Å². The number of anilines is 1. The third kappa shape index (κ3) is 3.70. The van der Waals surface area contributed by atoms with E-state index >= 15 is 0 Å². The Morgan fingerprint density at radius 2 is 1.81 bits per heavy atom. The van der Waals surface area contributed by atoms with Gasteiger partial charge in [0, 0.05) is 49.5 Å². The number of methoxy groups -OCH3 is 1. The van der Waals surface area contributed by atoms with Gasteiger partial charge in [-0.15, -0.1) is 0 Å². The fourth-order valence-electron chi connectivity index (χ4n) is 3.90. The minimum Gasteiger partial charge on any atom is -0.496 e. The molecular weight excluding hydrogens is 415 g/mol. The Bertz CT molecular complexity index is 1240. The molecule has 158 valence electrons. The molecule has 3 aromatic heterocycles. The average molecular weight is 437 g/mol. The predicted molar refractivity (Wildman–Crippen MR) is 122 cm³/mol. The monoisotopic (exact) mass is 436 g/mol. The maximum atomic E-state index is 14.5. The molecule has 1 fully saturated rings. The van der Waals surface area contributed by atoms with Gasteiger partial charge in [-0.3, -0.25) is 5.10 Å². The molecule has 4 aromatic rings. The van der Waals surface area contributed by atoms with Crippen LogP contribution in [0, 0.1) is 5.95 Å². The lowest BCUT2D eigenvalue weighted by Gasteiger charge is -2.32. The highest BCUT2D eigenvalue weighted by Crippen LogP contribution is 2.36. The van der Waals surface area contributed by atoms with Gasteiger partial charge in [0.1, 0.15) is 17.3 Å². The number of halogens is 1. The summed E-state index contributed by atoms with van der Waals surface area (Å²) in [5, 5.41) is 8.49. The van der Waals surface area contributed by atoms with Crippen LogP contribution in [-0.4, -0.2) is 57.8 Å². The quantitative estimate of drug-likeness (QED) is 0.375. The molecule has 0 atom stereocenters. The van der Waals surface area contributed by atoms with E-state index in [0.717, 1.165) is 54.2 Å². The second-order valence-corrected chi connectivity index (χ2v) is 7.92. The van der Waals surface area contributed by atoms with Gasteiger partial charge in [-0.25, -0.2) is 14.3 Å². The van der Waals surface area contributed by atoms with Crippen LogP contribution in [0.3, 0.4) is 0 Å². The van der Waals surface area contributed by atoms with Crippen molar-refractivity contribution >= 4 is 29.5 Å². The van der Waals surface area contributed by atoms with Crippen LogP contribution < -0.4 is 9.64 Å². The zero-order valence-electron chi connectivity index (χ0n) is 16.9. The molecule has 9 heteroatoms. The van der Waals surface area contributed by atoms with Crippen LogP contribution in [0.25, 0.3) is 33.3 Å². The summed E-state index contributed by atoms with van der Waals surface area (Å²) < 4.78 is 21.9. The number of fused-ring (bicyclic) bond motifs is 1. The zero-order chi connectivity index (χ0) is 21.4. The Labute approximate surface area is 184 Å². The third-order valence-corrected chi connectivity index (χ3v) is 5.94. The number of hydrogen-bond acceptors (Lipinski definition) is 7. The predicted octanol–water partition coefficient (Wildman–Crippen LogP) is 3.80. The Morgan fingerprint density at radius 3 is 2.61 bits per heavy atom. The summed E-state index contributed by atoms with van der Waals surface area (Å²) in [6, 6.07) is 11.3. The number of thiol groups is 1. The first-order valence-electron chi connectivity index (χ1n) is 9.96. The molecular formula is C22H21FN6OS. The summed E-state index contributed by atoms with van der Waals surface area (Å²) in [6.45, 7) is 3.49. The Morgan fingerprint density at radius 1 is 1.00 bits per heavy atom. The number of benzene rings is 1. The third-order valence-electron chi connectivity index (χ3n) is 5.54. The van der Waals surface area contributed by atoms with Crippen LogP contribution in [0.5, 0.6) is 5.75 Å². The van der Waals surface area contributed by atoms with E-state index in [9.17, 15) is 4.39 Å². The van der Waals surface area contributed by atoms with E-state index in [0.29, 0.717) is 16.9 Å². The average Bonchev–Trinajstić information content (AvgIpc) is 3.22.